The van der Waals surface area contributed by atoms with E-state index in [1.54, 1.807) is 0 Å². The van der Waals surface area contributed by atoms with E-state index in [9.17, 15) is 14.9 Å². The van der Waals surface area contributed by atoms with Gasteiger partial charge in [-0.3, -0.25) is 14.9 Å². The fourth-order valence-electron chi connectivity index (χ4n) is 2.07. The Morgan fingerprint density at radius 1 is 1.20 bits per heavy atom. The molecule has 1 atom stereocenters. The average Bonchev–Trinajstić information content (AvgIpc) is 2.53. The molecule has 1 rings (SSSR count). The van der Waals surface area contributed by atoms with Gasteiger partial charge in [-0.1, -0.05) is 67.4 Å². The number of rotatable bonds is 10. The van der Waals surface area contributed by atoms with E-state index in [1.165, 1.54) is 24.3 Å². The number of nitrogens with one attached hydrogen (secondary N) is 1. The van der Waals surface area contributed by atoms with Crippen LogP contribution in [0.15, 0.2) is 24.3 Å². The van der Waals surface area contributed by atoms with Crippen LogP contribution < -0.4 is 10.1 Å². The van der Waals surface area contributed by atoms with Crippen LogP contribution in [-0.4, -0.2) is 20.9 Å². The molecule has 0 spiro atoms. The maximum absolute atomic E-state index is 12.0. The predicted molar refractivity (Wildman–Crippen MR) is 99.3 cm³/mol. The normalized spacial score (nSPS) is 12.5. The average molecular weight is 412 g/mol. The van der Waals surface area contributed by atoms with Gasteiger partial charge < -0.3 is 10.1 Å². The fourth-order valence-corrected chi connectivity index (χ4v) is 2.37. The molecular formula is C16H21Cl3N2O4. The third kappa shape index (κ3) is 8.61. The summed E-state index contributed by atoms with van der Waals surface area (Å²) >= 11 is 17.6. The molecule has 0 saturated heterocycles. The van der Waals surface area contributed by atoms with Crippen molar-refractivity contribution in [3.05, 3.63) is 34.4 Å². The second-order valence-electron chi connectivity index (χ2n) is 5.52. The van der Waals surface area contributed by atoms with Crippen LogP contribution in [0, 0.1) is 10.1 Å². The molecule has 0 aromatic heterocycles. The number of non-ortho nitro benzene ring substituents is 1. The van der Waals surface area contributed by atoms with Crippen LogP contribution in [0.5, 0.6) is 5.75 Å². The van der Waals surface area contributed by atoms with Gasteiger partial charge in [-0.2, -0.15) is 0 Å². The fraction of sp³-hybridized carbons (Fsp3) is 0.562. The zero-order valence-corrected chi connectivity index (χ0v) is 16.1. The molecule has 0 radical (unpaired) electrons. The molecule has 0 aliphatic heterocycles. The molecule has 1 amide bonds. The van der Waals surface area contributed by atoms with Crippen molar-refractivity contribution in [2.75, 3.05) is 0 Å². The lowest BCUT2D eigenvalue weighted by atomic mass is 10.1. The van der Waals surface area contributed by atoms with Crippen LogP contribution in [0.1, 0.15) is 45.4 Å². The van der Waals surface area contributed by atoms with Crippen molar-refractivity contribution in [2.45, 2.75) is 55.5 Å². The number of benzene rings is 1. The Morgan fingerprint density at radius 2 is 1.80 bits per heavy atom. The summed E-state index contributed by atoms with van der Waals surface area (Å²) < 4.78 is 3.59. The number of nitrogens with zero attached hydrogens (tertiary/aromatic N) is 1. The van der Waals surface area contributed by atoms with E-state index in [0.717, 1.165) is 32.1 Å². The third-order valence-corrected chi connectivity index (χ3v) is 3.99. The largest absolute Gasteiger partial charge is 0.466 e. The van der Waals surface area contributed by atoms with Gasteiger partial charge in [0.1, 0.15) is 5.75 Å². The SMILES string of the molecule is CCCCCCCC(=O)N[C@@H](Oc1ccc([N+](=O)[O-])cc1)C(Cl)(Cl)Cl. The monoisotopic (exact) mass is 410 g/mol. The lowest BCUT2D eigenvalue weighted by Crippen LogP contribution is -2.47. The zero-order valence-electron chi connectivity index (χ0n) is 13.8. The van der Waals surface area contributed by atoms with E-state index >= 15 is 0 Å². The molecule has 1 N–H and O–H groups in total. The molecule has 0 unspecified atom stereocenters. The number of alkyl halides is 3. The first-order valence-electron chi connectivity index (χ1n) is 8.01. The van der Waals surface area contributed by atoms with E-state index in [4.69, 9.17) is 39.5 Å². The van der Waals surface area contributed by atoms with Crippen LogP contribution in [0.3, 0.4) is 0 Å². The van der Waals surface area contributed by atoms with Crippen LogP contribution in [-0.2, 0) is 4.79 Å². The molecule has 0 bridgehead atoms. The Morgan fingerprint density at radius 3 is 2.32 bits per heavy atom. The first kappa shape index (κ1) is 21.8. The molecule has 0 fully saturated rings. The highest BCUT2D eigenvalue weighted by atomic mass is 35.6. The quantitative estimate of drug-likeness (QED) is 0.190. The Labute approximate surface area is 161 Å². The first-order chi connectivity index (χ1) is 11.7. The van der Waals surface area contributed by atoms with Gasteiger partial charge >= 0.3 is 0 Å². The lowest BCUT2D eigenvalue weighted by Gasteiger charge is -2.26. The Hall–Kier alpha value is -1.24. The molecule has 9 heteroatoms. The van der Waals surface area contributed by atoms with Crippen molar-refractivity contribution >= 4 is 46.4 Å². The maximum atomic E-state index is 12.0. The number of nitro groups is 1. The number of hydrogen-bond donors (Lipinski definition) is 1. The van der Waals surface area contributed by atoms with Crippen LogP contribution in [0.4, 0.5) is 5.69 Å². The molecule has 0 aliphatic rings. The molecular weight excluding hydrogens is 391 g/mol. The van der Waals surface area contributed by atoms with Gasteiger partial charge in [0.2, 0.25) is 15.9 Å². The summed E-state index contributed by atoms with van der Waals surface area (Å²) in [5.74, 6) is -0.0418. The van der Waals surface area contributed by atoms with Crippen LogP contribution in [0.2, 0.25) is 0 Å². The minimum atomic E-state index is -1.89. The summed E-state index contributed by atoms with van der Waals surface area (Å²) in [5.41, 5.74) is -0.0890. The predicted octanol–water partition coefficient (Wildman–Crippen LogP) is 5.15. The van der Waals surface area contributed by atoms with E-state index in [2.05, 4.69) is 12.2 Å². The number of carbonyl (C=O) groups excluding carboxylic acids is 1. The van der Waals surface area contributed by atoms with Crippen LogP contribution in [0.25, 0.3) is 0 Å². The molecule has 140 valence electrons. The Bertz CT molecular complexity index is 561. The van der Waals surface area contributed by atoms with Gasteiger partial charge in [-0.05, 0) is 18.6 Å². The number of ether oxygens (including phenoxy) is 1. The summed E-state index contributed by atoms with van der Waals surface area (Å²) in [6.07, 6.45) is 4.16. The Balaban J connectivity index is 2.59. The topological polar surface area (TPSA) is 81.5 Å². The number of nitro benzene ring substituents is 1. The number of halogens is 3. The van der Waals surface area contributed by atoms with Gasteiger partial charge in [-0.15, -0.1) is 0 Å². The number of carbonyl (C=O) groups is 1. The molecule has 1 aromatic rings. The van der Waals surface area contributed by atoms with E-state index < -0.39 is 14.9 Å². The second kappa shape index (κ2) is 10.7. The lowest BCUT2D eigenvalue weighted by molar-refractivity contribution is -0.384. The summed E-state index contributed by atoms with van der Waals surface area (Å²) in [7, 11) is 0. The van der Waals surface area contributed by atoms with Crippen molar-refractivity contribution < 1.29 is 14.5 Å². The minimum absolute atomic E-state index is 0.0890. The van der Waals surface area contributed by atoms with Crippen LogP contribution >= 0.6 is 34.8 Å². The summed E-state index contributed by atoms with van der Waals surface area (Å²) in [6.45, 7) is 2.12. The van der Waals surface area contributed by atoms with Crippen molar-refractivity contribution in [1.29, 1.82) is 0 Å². The summed E-state index contributed by atoms with van der Waals surface area (Å²) in [6, 6.07) is 5.28. The number of unbranched alkanes of at least 4 members (excludes halogenated alkanes) is 4. The molecule has 6 nitrogen and oxygen atoms in total. The molecule has 1 aromatic carbocycles. The van der Waals surface area contributed by atoms with Gasteiger partial charge in [0.25, 0.3) is 5.69 Å². The van der Waals surface area contributed by atoms with E-state index in [-0.39, 0.29) is 17.3 Å². The molecule has 25 heavy (non-hydrogen) atoms. The summed E-state index contributed by atoms with van der Waals surface area (Å²) in [4.78, 5) is 22.1. The van der Waals surface area contributed by atoms with Crippen molar-refractivity contribution in [1.82, 2.24) is 5.32 Å². The van der Waals surface area contributed by atoms with E-state index in [1.807, 2.05) is 0 Å². The van der Waals surface area contributed by atoms with Crippen molar-refractivity contribution in [2.24, 2.45) is 0 Å². The smallest absolute Gasteiger partial charge is 0.269 e. The van der Waals surface area contributed by atoms with Crippen molar-refractivity contribution in [3.8, 4) is 5.75 Å². The summed E-state index contributed by atoms with van der Waals surface area (Å²) in [5, 5.41) is 13.2. The minimum Gasteiger partial charge on any atom is -0.466 e. The van der Waals surface area contributed by atoms with Gasteiger partial charge in [0, 0.05) is 18.6 Å². The third-order valence-electron chi connectivity index (χ3n) is 3.40. The molecule has 0 saturated carbocycles. The maximum Gasteiger partial charge on any atom is 0.269 e. The molecule has 0 heterocycles. The number of amides is 1. The first-order valence-corrected chi connectivity index (χ1v) is 9.14. The number of hydrogen-bond acceptors (Lipinski definition) is 4. The highest BCUT2D eigenvalue weighted by Gasteiger charge is 2.36. The zero-order chi connectivity index (χ0) is 18.9. The Kier molecular flexibility index (Phi) is 9.32. The van der Waals surface area contributed by atoms with Gasteiger partial charge in [0.05, 0.1) is 4.92 Å². The van der Waals surface area contributed by atoms with Crippen molar-refractivity contribution in [3.63, 3.8) is 0 Å². The molecule has 0 aliphatic carbocycles. The highest BCUT2D eigenvalue weighted by Crippen LogP contribution is 2.32. The standard InChI is InChI=1S/C16H21Cl3N2O4/c1-2-3-4-5-6-7-14(22)20-15(16(17,18)19)25-13-10-8-12(9-11-13)21(23)24/h8-11,15H,2-7H2,1H3,(H,20,22)/t15-/m0/s1. The van der Waals surface area contributed by atoms with E-state index in [0.29, 0.717) is 6.42 Å². The van der Waals surface area contributed by atoms with Gasteiger partial charge in [-0.25, -0.2) is 0 Å². The second-order valence-corrected chi connectivity index (χ2v) is 7.89. The van der Waals surface area contributed by atoms with Gasteiger partial charge in [0.15, 0.2) is 0 Å². The highest BCUT2D eigenvalue weighted by molar-refractivity contribution is 6.68.